The van der Waals surface area contributed by atoms with Gasteiger partial charge in [-0.25, -0.2) is 9.78 Å². The molecule has 200 valence electrons. The standard InChI is InChI=1S/C25H29N7O5S/c26-20-4-1-2-5-21(20)28-23(33)19-8-6-18(7-9-19)17-31(11-3-10-30-12-14-37-15-13-30)25(34)29-24-27-16-22(38-24)32(35)36/h1-2,4-9,16H,3,10-15,17,26H2,(H,28,33)(H,27,29,34). The quantitative estimate of drug-likeness (QED) is 0.200. The summed E-state index contributed by atoms with van der Waals surface area (Å²) in [6.07, 6.45) is 1.86. The molecule has 12 nitrogen and oxygen atoms in total. The number of hydrogen-bond donors (Lipinski definition) is 3. The number of hydrogen-bond acceptors (Lipinski definition) is 9. The van der Waals surface area contributed by atoms with E-state index in [4.69, 9.17) is 10.5 Å². The molecule has 13 heteroatoms. The van der Waals surface area contributed by atoms with E-state index < -0.39 is 11.0 Å². The fourth-order valence-corrected chi connectivity index (χ4v) is 4.55. The lowest BCUT2D eigenvalue weighted by Crippen LogP contribution is -2.40. The van der Waals surface area contributed by atoms with Crippen molar-refractivity contribution in [3.05, 3.63) is 76.0 Å². The Morgan fingerprint density at radius 1 is 1.13 bits per heavy atom. The van der Waals surface area contributed by atoms with Gasteiger partial charge in [-0.15, -0.1) is 0 Å². The maximum Gasteiger partial charge on any atom is 0.345 e. The van der Waals surface area contributed by atoms with E-state index in [1.54, 1.807) is 53.4 Å². The zero-order chi connectivity index (χ0) is 26.9. The van der Waals surface area contributed by atoms with E-state index in [-0.39, 0.29) is 22.6 Å². The largest absolute Gasteiger partial charge is 0.397 e. The van der Waals surface area contributed by atoms with E-state index in [1.807, 2.05) is 0 Å². The molecule has 0 aliphatic carbocycles. The van der Waals surface area contributed by atoms with E-state index in [9.17, 15) is 19.7 Å². The first-order valence-electron chi connectivity index (χ1n) is 12.1. The molecule has 0 spiro atoms. The molecule has 38 heavy (non-hydrogen) atoms. The van der Waals surface area contributed by atoms with Gasteiger partial charge in [-0.2, -0.15) is 0 Å². The van der Waals surface area contributed by atoms with Gasteiger partial charge in [0.2, 0.25) is 0 Å². The lowest BCUT2D eigenvalue weighted by molar-refractivity contribution is -0.380. The number of ether oxygens (including phenoxy) is 1. The normalized spacial score (nSPS) is 13.6. The maximum absolute atomic E-state index is 13.1. The number of para-hydroxylation sites is 2. The molecular weight excluding hydrogens is 510 g/mol. The Kier molecular flexibility index (Phi) is 9.19. The molecule has 1 aromatic heterocycles. The second-order valence-corrected chi connectivity index (χ2v) is 9.67. The summed E-state index contributed by atoms with van der Waals surface area (Å²) in [4.78, 5) is 44.0. The van der Waals surface area contributed by atoms with Crippen molar-refractivity contribution in [1.29, 1.82) is 0 Å². The molecule has 4 N–H and O–H groups in total. The highest BCUT2D eigenvalue weighted by Gasteiger charge is 2.19. The van der Waals surface area contributed by atoms with E-state index in [0.717, 1.165) is 49.2 Å². The molecule has 0 radical (unpaired) electrons. The number of nitrogens with one attached hydrogen (secondary N) is 2. The number of rotatable bonds is 10. The number of anilines is 3. The first-order valence-corrected chi connectivity index (χ1v) is 12.9. The van der Waals surface area contributed by atoms with Crippen molar-refractivity contribution >= 4 is 44.8 Å². The molecule has 2 aromatic carbocycles. The SMILES string of the molecule is Nc1ccccc1NC(=O)c1ccc(CN(CCCN2CCOCC2)C(=O)Nc2ncc([N+](=O)[O-])s2)cc1. The number of nitrogen functional groups attached to an aromatic ring is 1. The molecule has 0 bridgehead atoms. The Labute approximate surface area is 223 Å². The van der Waals surface area contributed by atoms with Crippen molar-refractivity contribution in [3.8, 4) is 0 Å². The smallest absolute Gasteiger partial charge is 0.345 e. The van der Waals surface area contributed by atoms with Gasteiger partial charge in [0.15, 0.2) is 5.13 Å². The molecule has 0 saturated carbocycles. The number of nitrogens with two attached hydrogens (primary N) is 1. The predicted octanol–water partition coefficient (Wildman–Crippen LogP) is 3.64. The summed E-state index contributed by atoms with van der Waals surface area (Å²) >= 11 is 0.802. The summed E-state index contributed by atoms with van der Waals surface area (Å²) in [5, 5.41) is 16.4. The van der Waals surface area contributed by atoms with Crippen LogP contribution in [0.2, 0.25) is 0 Å². The fourth-order valence-electron chi connectivity index (χ4n) is 3.93. The number of thiazole rings is 1. The average Bonchev–Trinajstić information content (AvgIpc) is 3.39. The minimum Gasteiger partial charge on any atom is -0.397 e. The summed E-state index contributed by atoms with van der Waals surface area (Å²) < 4.78 is 5.39. The number of nitrogens with zero attached hydrogens (tertiary/aromatic N) is 4. The van der Waals surface area contributed by atoms with Crippen molar-refractivity contribution < 1.29 is 19.2 Å². The van der Waals surface area contributed by atoms with Crippen LogP contribution in [0.5, 0.6) is 0 Å². The summed E-state index contributed by atoms with van der Waals surface area (Å²) in [5.74, 6) is -0.292. The second-order valence-electron chi connectivity index (χ2n) is 8.66. The van der Waals surface area contributed by atoms with Crippen molar-refractivity contribution in [2.45, 2.75) is 13.0 Å². The van der Waals surface area contributed by atoms with Crippen LogP contribution in [0, 0.1) is 10.1 Å². The van der Waals surface area contributed by atoms with Gasteiger partial charge in [0.05, 0.1) is 29.5 Å². The van der Waals surface area contributed by atoms with Gasteiger partial charge in [0.1, 0.15) is 6.20 Å². The first kappa shape index (κ1) is 27.0. The third kappa shape index (κ3) is 7.47. The average molecular weight is 540 g/mol. The minimum atomic E-state index is -0.544. The number of carbonyl (C=O) groups excluding carboxylic acids is 2. The van der Waals surface area contributed by atoms with Crippen LogP contribution in [0.15, 0.2) is 54.7 Å². The van der Waals surface area contributed by atoms with Crippen molar-refractivity contribution in [1.82, 2.24) is 14.8 Å². The van der Waals surface area contributed by atoms with Crippen LogP contribution in [0.1, 0.15) is 22.3 Å². The van der Waals surface area contributed by atoms with Gasteiger partial charge in [0, 0.05) is 38.3 Å². The summed E-state index contributed by atoms with van der Waals surface area (Å²) in [7, 11) is 0. The van der Waals surface area contributed by atoms with Crippen LogP contribution in [0.25, 0.3) is 0 Å². The van der Waals surface area contributed by atoms with Crippen LogP contribution < -0.4 is 16.4 Å². The van der Waals surface area contributed by atoms with E-state index in [1.165, 1.54) is 0 Å². The van der Waals surface area contributed by atoms with Crippen LogP contribution in [-0.2, 0) is 11.3 Å². The van der Waals surface area contributed by atoms with Crippen molar-refractivity contribution in [2.75, 3.05) is 55.8 Å². The summed E-state index contributed by atoms with van der Waals surface area (Å²) in [5.41, 5.74) is 8.20. The molecule has 0 atom stereocenters. The van der Waals surface area contributed by atoms with Crippen LogP contribution in [-0.4, -0.2) is 71.0 Å². The highest BCUT2D eigenvalue weighted by Crippen LogP contribution is 2.25. The fraction of sp³-hybridized carbons (Fsp3) is 0.320. The van der Waals surface area contributed by atoms with Gasteiger partial charge in [0.25, 0.3) is 5.91 Å². The van der Waals surface area contributed by atoms with E-state index in [0.29, 0.717) is 36.7 Å². The maximum atomic E-state index is 13.1. The topological polar surface area (TPSA) is 156 Å². The minimum absolute atomic E-state index is 0.148. The third-order valence-electron chi connectivity index (χ3n) is 5.98. The molecule has 3 amide bonds. The Balaban J connectivity index is 1.40. The monoisotopic (exact) mass is 539 g/mol. The lowest BCUT2D eigenvalue weighted by atomic mass is 10.1. The molecule has 1 saturated heterocycles. The van der Waals surface area contributed by atoms with Crippen LogP contribution in [0.4, 0.5) is 26.3 Å². The molecule has 3 aromatic rings. The van der Waals surface area contributed by atoms with Gasteiger partial charge < -0.3 is 20.7 Å². The van der Waals surface area contributed by atoms with E-state index in [2.05, 4.69) is 20.5 Å². The van der Waals surface area contributed by atoms with Gasteiger partial charge in [-0.05, 0) is 47.6 Å². The van der Waals surface area contributed by atoms with Gasteiger partial charge >= 0.3 is 11.0 Å². The number of benzene rings is 2. The van der Waals surface area contributed by atoms with Gasteiger partial charge in [-0.3, -0.25) is 25.1 Å². The summed E-state index contributed by atoms with van der Waals surface area (Å²) in [6.45, 7) is 4.67. The van der Waals surface area contributed by atoms with Crippen molar-refractivity contribution in [3.63, 3.8) is 0 Å². The highest BCUT2D eigenvalue weighted by atomic mass is 32.1. The highest BCUT2D eigenvalue weighted by molar-refractivity contribution is 7.18. The predicted molar refractivity (Wildman–Crippen MR) is 145 cm³/mol. The second kappa shape index (κ2) is 12.9. The lowest BCUT2D eigenvalue weighted by Gasteiger charge is -2.28. The molecule has 2 heterocycles. The van der Waals surface area contributed by atoms with Crippen LogP contribution >= 0.6 is 11.3 Å². The zero-order valence-electron chi connectivity index (χ0n) is 20.7. The Morgan fingerprint density at radius 3 is 2.55 bits per heavy atom. The molecule has 1 fully saturated rings. The Hall–Kier alpha value is -4.07. The molecule has 1 aliphatic heterocycles. The molecule has 1 aliphatic rings. The number of amides is 3. The third-order valence-corrected chi connectivity index (χ3v) is 6.84. The number of carbonyl (C=O) groups is 2. The zero-order valence-corrected chi connectivity index (χ0v) is 21.5. The van der Waals surface area contributed by atoms with Crippen LogP contribution in [0.3, 0.4) is 0 Å². The molecule has 0 unspecified atom stereocenters. The number of urea groups is 1. The van der Waals surface area contributed by atoms with Gasteiger partial charge in [-0.1, -0.05) is 24.3 Å². The van der Waals surface area contributed by atoms with Crippen molar-refractivity contribution in [2.24, 2.45) is 0 Å². The summed E-state index contributed by atoms with van der Waals surface area (Å²) in [6, 6.07) is 13.6. The first-order chi connectivity index (χ1) is 18.4. The number of morpholine rings is 1. The number of nitro groups is 1. The number of aromatic nitrogens is 1. The Bertz CT molecular complexity index is 1260. The molecular formula is C25H29N7O5S. The molecule has 4 rings (SSSR count). The van der Waals surface area contributed by atoms with E-state index >= 15 is 0 Å². The Morgan fingerprint density at radius 2 is 1.87 bits per heavy atom.